The number of hydrogen-bond donors (Lipinski definition) is 1. The predicted molar refractivity (Wildman–Crippen MR) is 77.7 cm³/mol. The normalized spacial score (nSPS) is 23.7. The lowest BCUT2D eigenvalue weighted by atomic mass is 9.90. The first-order valence-electron chi connectivity index (χ1n) is 5.78. The van der Waals surface area contributed by atoms with Gasteiger partial charge in [-0.1, -0.05) is 25.4 Å². The van der Waals surface area contributed by atoms with Crippen molar-refractivity contribution in [3.63, 3.8) is 0 Å². The molecule has 7 heteroatoms. The molecule has 1 N–H and O–H groups in total. The van der Waals surface area contributed by atoms with Gasteiger partial charge in [0.25, 0.3) is 0 Å². The van der Waals surface area contributed by atoms with Crippen molar-refractivity contribution in [1.82, 2.24) is 4.31 Å². The van der Waals surface area contributed by atoms with Gasteiger partial charge < -0.3 is 5.11 Å². The second kappa shape index (κ2) is 5.00. The summed E-state index contributed by atoms with van der Waals surface area (Å²) < 4.78 is 26.8. The standard InChI is InChI=1S/C12H15BrClNO3S/c1-12(2)7-15(6-11(12)16)19(17,18)10-4-3-8(14)5-9(10)13/h3-5,11,16H,6-7H2,1-2H3. The van der Waals surface area contributed by atoms with Crippen LogP contribution in [0.15, 0.2) is 27.6 Å². The minimum absolute atomic E-state index is 0.115. The Labute approximate surface area is 126 Å². The van der Waals surface area contributed by atoms with Crippen LogP contribution in [0.25, 0.3) is 0 Å². The van der Waals surface area contributed by atoms with Crippen molar-refractivity contribution in [2.75, 3.05) is 13.1 Å². The summed E-state index contributed by atoms with van der Waals surface area (Å²) in [5.41, 5.74) is -0.439. The molecule has 1 fully saturated rings. The van der Waals surface area contributed by atoms with Gasteiger partial charge in [-0.15, -0.1) is 0 Å². The summed E-state index contributed by atoms with van der Waals surface area (Å²) in [5.74, 6) is 0. The Morgan fingerprint density at radius 2 is 2.11 bits per heavy atom. The molecule has 0 aliphatic carbocycles. The van der Waals surface area contributed by atoms with E-state index in [1.165, 1.54) is 16.4 Å². The molecule has 0 aromatic heterocycles. The molecule has 1 aliphatic heterocycles. The van der Waals surface area contributed by atoms with Crippen molar-refractivity contribution in [1.29, 1.82) is 0 Å². The van der Waals surface area contributed by atoms with Gasteiger partial charge in [0, 0.05) is 28.0 Å². The molecule has 1 heterocycles. The Bertz CT molecular complexity index is 603. The highest BCUT2D eigenvalue weighted by Crippen LogP contribution is 2.35. The van der Waals surface area contributed by atoms with E-state index in [4.69, 9.17) is 11.6 Å². The van der Waals surface area contributed by atoms with Crippen molar-refractivity contribution >= 4 is 37.6 Å². The van der Waals surface area contributed by atoms with Crippen molar-refractivity contribution in [3.8, 4) is 0 Å². The molecule has 0 bridgehead atoms. The van der Waals surface area contributed by atoms with Crippen molar-refractivity contribution in [2.45, 2.75) is 24.8 Å². The maximum absolute atomic E-state index is 12.5. The molecule has 1 saturated heterocycles. The number of β-amino-alcohol motifs (C(OH)–C–C–N with tert-alkyl or cyclic N) is 1. The molecule has 1 aromatic rings. The first kappa shape index (κ1) is 15.3. The fraction of sp³-hybridized carbons (Fsp3) is 0.500. The van der Waals surface area contributed by atoms with E-state index in [-0.39, 0.29) is 11.4 Å². The summed E-state index contributed by atoms with van der Waals surface area (Å²) in [7, 11) is -3.62. The van der Waals surface area contributed by atoms with E-state index in [9.17, 15) is 13.5 Å². The lowest BCUT2D eigenvalue weighted by Crippen LogP contribution is -2.30. The monoisotopic (exact) mass is 367 g/mol. The van der Waals surface area contributed by atoms with E-state index < -0.39 is 21.5 Å². The largest absolute Gasteiger partial charge is 0.391 e. The van der Waals surface area contributed by atoms with Gasteiger partial charge in [0.2, 0.25) is 10.0 Å². The van der Waals surface area contributed by atoms with E-state index in [1.54, 1.807) is 6.07 Å². The smallest absolute Gasteiger partial charge is 0.244 e. The number of nitrogens with zero attached hydrogens (tertiary/aromatic N) is 1. The number of sulfonamides is 1. The maximum atomic E-state index is 12.5. The molecular weight excluding hydrogens is 354 g/mol. The van der Waals surface area contributed by atoms with Crippen LogP contribution in [0.3, 0.4) is 0 Å². The van der Waals surface area contributed by atoms with E-state index in [1.807, 2.05) is 13.8 Å². The van der Waals surface area contributed by atoms with Gasteiger partial charge in [0.05, 0.1) is 11.0 Å². The van der Waals surface area contributed by atoms with Gasteiger partial charge in [0.15, 0.2) is 0 Å². The Balaban J connectivity index is 2.39. The zero-order chi connectivity index (χ0) is 14.4. The summed E-state index contributed by atoms with van der Waals surface area (Å²) in [5, 5.41) is 10.4. The zero-order valence-electron chi connectivity index (χ0n) is 10.6. The first-order chi connectivity index (χ1) is 8.64. The molecule has 0 spiro atoms. The molecule has 1 aromatic carbocycles. The molecule has 1 unspecified atom stereocenters. The highest BCUT2D eigenvalue weighted by Gasteiger charge is 2.43. The fourth-order valence-corrected chi connectivity index (χ4v) is 5.03. The molecule has 2 rings (SSSR count). The minimum atomic E-state index is -3.62. The molecule has 4 nitrogen and oxygen atoms in total. The molecule has 1 atom stereocenters. The van der Waals surface area contributed by atoms with Crippen LogP contribution in [-0.2, 0) is 10.0 Å². The number of halogens is 2. The SMILES string of the molecule is CC1(C)CN(S(=O)(=O)c2ccc(Cl)cc2Br)CC1O. The number of rotatable bonds is 2. The maximum Gasteiger partial charge on any atom is 0.244 e. The van der Waals surface area contributed by atoms with Crippen molar-refractivity contribution in [3.05, 3.63) is 27.7 Å². The molecule has 0 radical (unpaired) electrons. The molecule has 1 aliphatic rings. The second-order valence-electron chi connectivity index (χ2n) is 5.38. The third-order valence-corrected chi connectivity index (χ3v) is 6.40. The molecule has 0 amide bonds. The van der Waals surface area contributed by atoms with Crippen LogP contribution in [0.4, 0.5) is 0 Å². The van der Waals surface area contributed by atoms with E-state index in [0.717, 1.165) is 0 Å². The van der Waals surface area contributed by atoms with Crippen molar-refractivity contribution < 1.29 is 13.5 Å². The lowest BCUT2D eigenvalue weighted by Gasteiger charge is -2.21. The molecular formula is C12H15BrClNO3S. The highest BCUT2D eigenvalue weighted by molar-refractivity contribution is 9.10. The van der Waals surface area contributed by atoms with Crippen LogP contribution < -0.4 is 0 Å². The van der Waals surface area contributed by atoms with Crippen molar-refractivity contribution in [2.24, 2.45) is 5.41 Å². The number of aliphatic hydroxyl groups excluding tert-OH is 1. The third kappa shape index (κ3) is 2.83. The minimum Gasteiger partial charge on any atom is -0.391 e. The first-order valence-corrected chi connectivity index (χ1v) is 8.39. The summed E-state index contributed by atoms with van der Waals surface area (Å²) in [6.45, 7) is 4.12. The van der Waals surface area contributed by atoms with Gasteiger partial charge in [-0.3, -0.25) is 0 Å². The highest BCUT2D eigenvalue weighted by atomic mass is 79.9. The van der Waals surface area contributed by atoms with E-state index >= 15 is 0 Å². The zero-order valence-corrected chi connectivity index (χ0v) is 13.8. The van der Waals surface area contributed by atoms with Crippen LogP contribution in [0, 0.1) is 5.41 Å². The Morgan fingerprint density at radius 1 is 1.47 bits per heavy atom. The Morgan fingerprint density at radius 3 is 2.58 bits per heavy atom. The fourth-order valence-electron chi connectivity index (χ4n) is 2.07. The van der Waals surface area contributed by atoms with Gasteiger partial charge >= 0.3 is 0 Å². The predicted octanol–water partition coefficient (Wildman–Crippen LogP) is 2.49. The molecule has 19 heavy (non-hydrogen) atoms. The average molecular weight is 369 g/mol. The van der Waals surface area contributed by atoms with E-state index in [2.05, 4.69) is 15.9 Å². The number of aliphatic hydroxyl groups is 1. The molecule has 106 valence electrons. The summed E-state index contributed by atoms with van der Waals surface area (Å²) in [6, 6.07) is 4.56. The van der Waals surface area contributed by atoms with E-state index in [0.29, 0.717) is 16.0 Å². The van der Waals surface area contributed by atoms with Gasteiger partial charge in [-0.05, 0) is 34.1 Å². The topological polar surface area (TPSA) is 57.6 Å². The third-order valence-electron chi connectivity index (χ3n) is 3.37. The van der Waals surface area contributed by atoms with Crippen LogP contribution in [0.2, 0.25) is 5.02 Å². The van der Waals surface area contributed by atoms with Gasteiger partial charge in [-0.25, -0.2) is 8.42 Å². The summed E-state index contributed by atoms with van der Waals surface area (Å²) >= 11 is 9.04. The summed E-state index contributed by atoms with van der Waals surface area (Å²) in [6.07, 6.45) is -0.659. The van der Waals surface area contributed by atoms with Crippen LogP contribution >= 0.6 is 27.5 Å². The van der Waals surface area contributed by atoms with Gasteiger partial charge in [0.1, 0.15) is 0 Å². The van der Waals surface area contributed by atoms with Crippen LogP contribution in [0.1, 0.15) is 13.8 Å². The lowest BCUT2D eigenvalue weighted by molar-refractivity contribution is 0.0960. The Hall–Kier alpha value is -0.140. The summed E-state index contributed by atoms with van der Waals surface area (Å²) in [4.78, 5) is 0.168. The Kier molecular flexibility index (Phi) is 4.02. The quantitative estimate of drug-likeness (QED) is 0.872. The molecule has 0 saturated carbocycles. The number of benzene rings is 1. The van der Waals surface area contributed by atoms with Crippen LogP contribution in [0.5, 0.6) is 0 Å². The second-order valence-corrected chi connectivity index (χ2v) is 8.57. The van der Waals surface area contributed by atoms with Crippen LogP contribution in [-0.4, -0.2) is 37.0 Å². The average Bonchev–Trinajstić information content (AvgIpc) is 2.53. The number of hydrogen-bond acceptors (Lipinski definition) is 3. The van der Waals surface area contributed by atoms with Gasteiger partial charge in [-0.2, -0.15) is 4.31 Å².